The largest absolute Gasteiger partial charge is 0.418 e. The van der Waals surface area contributed by atoms with Gasteiger partial charge < -0.3 is 0 Å². The lowest BCUT2D eigenvalue weighted by atomic mass is 10.2. The van der Waals surface area contributed by atoms with Gasteiger partial charge in [-0.25, -0.2) is 4.68 Å². The van der Waals surface area contributed by atoms with Gasteiger partial charge in [-0.2, -0.15) is 18.3 Å². The van der Waals surface area contributed by atoms with Crippen molar-refractivity contribution in [3.63, 3.8) is 0 Å². The van der Waals surface area contributed by atoms with Gasteiger partial charge in [0.1, 0.15) is 0 Å². The fourth-order valence-electron chi connectivity index (χ4n) is 2.24. The Morgan fingerprint density at radius 1 is 1.08 bits per heavy atom. The quantitative estimate of drug-likeness (QED) is 0.609. The Kier molecular flexibility index (Phi) is 4.99. The van der Waals surface area contributed by atoms with Gasteiger partial charge in [-0.05, 0) is 52.3 Å². The SMILES string of the molecule is O=C(NNc1ccccc1C(F)(F)F)c1ccc(-n2cc(Br)cn2)cc1. The number of benzene rings is 2. The van der Waals surface area contributed by atoms with E-state index in [-0.39, 0.29) is 11.3 Å². The van der Waals surface area contributed by atoms with E-state index in [4.69, 9.17) is 0 Å². The molecule has 9 heteroatoms. The number of para-hydroxylation sites is 1. The van der Waals surface area contributed by atoms with Crippen LogP contribution in [-0.2, 0) is 6.18 Å². The second kappa shape index (κ2) is 7.20. The number of alkyl halides is 3. The van der Waals surface area contributed by atoms with E-state index in [1.54, 1.807) is 41.3 Å². The molecule has 1 heterocycles. The molecule has 0 saturated carbocycles. The summed E-state index contributed by atoms with van der Waals surface area (Å²) in [6.07, 6.45) is -1.14. The van der Waals surface area contributed by atoms with Crippen molar-refractivity contribution in [3.8, 4) is 5.69 Å². The van der Waals surface area contributed by atoms with Crippen LogP contribution in [0.3, 0.4) is 0 Å². The van der Waals surface area contributed by atoms with Crippen molar-refractivity contribution >= 4 is 27.5 Å². The van der Waals surface area contributed by atoms with Gasteiger partial charge in [0.15, 0.2) is 0 Å². The van der Waals surface area contributed by atoms with E-state index in [0.717, 1.165) is 16.2 Å². The van der Waals surface area contributed by atoms with Crippen LogP contribution in [0.25, 0.3) is 5.69 Å². The number of anilines is 1. The molecule has 0 aliphatic heterocycles. The Bertz CT molecular complexity index is 922. The van der Waals surface area contributed by atoms with Crippen LogP contribution in [0.5, 0.6) is 0 Å². The van der Waals surface area contributed by atoms with Gasteiger partial charge >= 0.3 is 6.18 Å². The first kappa shape index (κ1) is 18.0. The normalized spacial score (nSPS) is 11.2. The molecule has 26 heavy (non-hydrogen) atoms. The summed E-state index contributed by atoms with van der Waals surface area (Å²) in [4.78, 5) is 12.1. The second-order valence-electron chi connectivity index (χ2n) is 5.27. The van der Waals surface area contributed by atoms with Gasteiger partial charge in [-0.3, -0.25) is 15.6 Å². The first-order valence-electron chi connectivity index (χ1n) is 7.38. The Balaban J connectivity index is 1.70. The van der Waals surface area contributed by atoms with Gasteiger partial charge in [0, 0.05) is 11.8 Å². The Hall–Kier alpha value is -2.81. The molecule has 5 nitrogen and oxygen atoms in total. The second-order valence-corrected chi connectivity index (χ2v) is 6.19. The highest BCUT2D eigenvalue weighted by atomic mass is 79.9. The van der Waals surface area contributed by atoms with Crippen LogP contribution >= 0.6 is 15.9 Å². The third-order valence-corrected chi connectivity index (χ3v) is 3.90. The number of rotatable bonds is 4. The van der Waals surface area contributed by atoms with Crippen LogP contribution in [0.2, 0.25) is 0 Å². The van der Waals surface area contributed by atoms with Crippen molar-refractivity contribution in [2.75, 3.05) is 5.43 Å². The lowest BCUT2D eigenvalue weighted by Gasteiger charge is -2.15. The molecule has 0 saturated heterocycles. The zero-order chi connectivity index (χ0) is 18.7. The van der Waals surface area contributed by atoms with E-state index in [0.29, 0.717) is 0 Å². The average Bonchev–Trinajstić information content (AvgIpc) is 3.06. The molecule has 0 aliphatic carbocycles. The van der Waals surface area contributed by atoms with Crippen molar-refractivity contribution in [2.24, 2.45) is 0 Å². The van der Waals surface area contributed by atoms with Gasteiger partial charge in [-0.1, -0.05) is 12.1 Å². The van der Waals surface area contributed by atoms with Crippen molar-refractivity contribution in [1.29, 1.82) is 0 Å². The smallest absolute Gasteiger partial charge is 0.298 e. The third-order valence-electron chi connectivity index (χ3n) is 3.49. The van der Waals surface area contributed by atoms with E-state index in [1.807, 2.05) is 0 Å². The fraction of sp³-hybridized carbons (Fsp3) is 0.0588. The molecule has 0 atom stereocenters. The number of halogens is 4. The van der Waals surface area contributed by atoms with Crippen molar-refractivity contribution in [3.05, 3.63) is 76.5 Å². The maximum Gasteiger partial charge on any atom is 0.418 e. The maximum absolute atomic E-state index is 12.9. The van der Waals surface area contributed by atoms with E-state index in [2.05, 4.69) is 31.9 Å². The molecular weight excluding hydrogens is 413 g/mol. The van der Waals surface area contributed by atoms with Crippen molar-refractivity contribution in [2.45, 2.75) is 6.18 Å². The summed E-state index contributed by atoms with van der Waals surface area (Å²) in [7, 11) is 0. The van der Waals surface area contributed by atoms with Gasteiger partial charge in [0.05, 0.1) is 27.6 Å². The highest BCUT2D eigenvalue weighted by Gasteiger charge is 2.33. The number of hydrazine groups is 1. The fourth-order valence-corrected chi connectivity index (χ4v) is 2.53. The maximum atomic E-state index is 12.9. The van der Waals surface area contributed by atoms with E-state index in [9.17, 15) is 18.0 Å². The van der Waals surface area contributed by atoms with Gasteiger partial charge in [0.25, 0.3) is 5.91 Å². The molecule has 134 valence electrons. The summed E-state index contributed by atoms with van der Waals surface area (Å²) < 4.78 is 41.2. The molecular formula is C17H12BrF3N4O. The van der Waals surface area contributed by atoms with E-state index >= 15 is 0 Å². The number of nitrogens with one attached hydrogen (secondary N) is 2. The summed E-state index contributed by atoms with van der Waals surface area (Å²) >= 11 is 3.29. The van der Waals surface area contributed by atoms with Crippen LogP contribution < -0.4 is 10.9 Å². The molecule has 2 aromatic carbocycles. The highest BCUT2D eigenvalue weighted by Crippen LogP contribution is 2.34. The summed E-state index contributed by atoms with van der Waals surface area (Å²) in [5.74, 6) is -0.560. The summed E-state index contributed by atoms with van der Waals surface area (Å²) in [5.41, 5.74) is 4.53. The average molecular weight is 425 g/mol. The minimum Gasteiger partial charge on any atom is -0.298 e. The van der Waals surface area contributed by atoms with Crippen molar-refractivity contribution in [1.82, 2.24) is 15.2 Å². The molecule has 0 aliphatic rings. The zero-order valence-corrected chi connectivity index (χ0v) is 14.7. The number of hydrogen-bond acceptors (Lipinski definition) is 3. The van der Waals surface area contributed by atoms with Gasteiger partial charge in [-0.15, -0.1) is 0 Å². The van der Waals surface area contributed by atoms with Gasteiger partial charge in [0.2, 0.25) is 0 Å². The number of amides is 1. The van der Waals surface area contributed by atoms with E-state index < -0.39 is 17.6 Å². The monoisotopic (exact) mass is 424 g/mol. The standard InChI is InChI=1S/C17H12BrF3N4O/c18-12-9-22-25(10-12)13-7-5-11(6-8-13)16(26)24-23-15-4-2-1-3-14(15)17(19,20)21/h1-10,23H,(H,24,26). The number of nitrogens with zero attached hydrogens (tertiary/aromatic N) is 2. The Labute approximate surface area is 154 Å². The molecule has 1 amide bonds. The molecule has 0 radical (unpaired) electrons. The topological polar surface area (TPSA) is 59.0 Å². The predicted octanol–water partition coefficient (Wildman–Crippen LogP) is 4.41. The molecule has 0 spiro atoms. The first-order valence-corrected chi connectivity index (χ1v) is 8.17. The Morgan fingerprint density at radius 3 is 2.38 bits per heavy atom. The van der Waals surface area contributed by atoms with Crippen molar-refractivity contribution < 1.29 is 18.0 Å². The van der Waals surface area contributed by atoms with Crippen LogP contribution in [0.4, 0.5) is 18.9 Å². The predicted molar refractivity (Wildman–Crippen MR) is 93.8 cm³/mol. The summed E-state index contributed by atoms with van der Waals surface area (Å²) in [5, 5.41) is 4.12. The third kappa shape index (κ3) is 4.05. The van der Waals surface area contributed by atoms with Crippen LogP contribution in [0.15, 0.2) is 65.4 Å². The summed E-state index contributed by atoms with van der Waals surface area (Å²) in [6, 6.07) is 11.4. The number of carbonyl (C=O) groups excluding carboxylic acids is 1. The number of hydrogen-bond donors (Lipinski definition) is 2. The zero-order valence-electron chi connectivity index (χ0n) is 13.1. The van der Waals surface area contributed by atoms with Crippen LogP contribution in [0.1, 0.15) is 15.9 Å². The van der Waals surface area contributed by atoms with E-state index in [1.165, 1.54) is 18.2 Å². The van der Waals surface area contributed by atoms with Crippen LogP contribution in [0, 0.1) is 0 Å². The molecule has 2 N–H and O–H groups in total. The minimum atomic E-state index is -4.52. The molecule has 1 aromatic heterocycles. The molecule has 0 fully saturated rings. The molecule has 0 unspecified atom stereocenters. The first-order chi connectivity index (χ1) is 12.3. The number of carbonyl (C=O) groups is 1. The summed E-state index contributed by atoms with van der Waals surface area (Å²) in [6.45, 7) is 0. The number of aromatic nitrogens is 2. The molecule has 0 bridgehead atoms. The minimum absolute atomic E-state index is 0.230. The lowest BCUT2D eigenvalue weighted by Crippen LogP contribution is -2.30. The molecule has 3 aromatic rings. The molecule has 3 rings (SSSR count). The highest BCUT2D eigenvalue weighted by molar-refractivity contribution is 9.10. The lowest BCUT2D eigenvalue weighted by molar-refractivity contribution is -0.137. The van der Waals surface area contributed by atoms with Crippen LogP contribution in [-0.4, -0.2) is 15.7 Å². The Morgan fingerprint density at radius 2 is 1.77 bits per heavy atom.